The first-order valence-corrected chi connectivity index (χ1v) is 28.9. The van der Waals surface area contributed by atoms with Crippen LogP contribution in [0, 0.1) is 0 Å². The summed E-state index contributed by atoms with van der Waals surface area (Å²) >= 11 is 6.37. The van der Waals surface area contributed by atoms with E-state index in [4.69, 9.17) is 28.4 Å². The number of rotatable bonds is 17. The molecule has 12 bridgehead atoms. The van der Waals surface area contributed by atoms with Crippen LogP contribution in [0.15, 0.2) is 194 Å². The molecule has 19 aliphatic heterocycles. The van der Waals surface area contributed by atoms with Crippen molar-refractivity contribution in [1.82, 2.24) is 4.90 Å². The van der Waals surface area contributed by atoms with Gasteiger partial charge in [-0.05, 0) is 57.9 Å². The minimum Gasteiger partial charge on any atom is -0.491 e. The van der Waals surface area contributed by atoms with Gasteiger partial charge in [-0.2, -0.15) is 0 Å². The Morgan fingerprint density at radius 1 is 0.449 bits per heavy atom. The summed E-state index contributed by atoms with van der Waals surface area (Å²) in [7, 11) is 0. The van der Waals surface area contributed by atoms with Crippen LogP contribution in [-0.4, -0.2) is 82.1 Å². The number of hydrogen-bond acceptors (Lipinski definition) is 13. The number of amides is 2. The van der Waals surface area contributed by atoms with Crippen molar-refractivity contribution in [3.63, 3.8) is 0 Å². The van der Waals surface area contributed by atoms with Crippen LogP contribution in [0.5, 0.6) is 5.75 Å². The van der Waals surface area contributed by atoms with Gasteiger partial charge >= 0.3 is 5.97 Å². The molecule has 14 nitrogen and oxygen atoms in total. The SMILES string of the molecule is O=C(CN1C(=O)c2c3ccc(c2C1=O)C[n+]1ccc(cc1)-c1cc[n+](cc1)Cc1ccc(cc1)C[n+]1ccc(cc1)-c1cc[n+](cc1)C3)OCCOCCOC1=CS/C(=C2\SC=C(OCCOCCOc3ccccc3)S2)S1. The van der Waals surface area contributed by atoms with Crippen molar-refractivity contribution in [3.05, 3.63) is 228 Å². The summed E-state index contributed by atoms with van der Waals surface area (Å²) in [5, 5.41) is 5.58. The molecule has 0 aliphatic carbocycles. The lowest BCUT2D eigenvalue weighted by atomic mass is 9.97. The molecule has 0 spiro atoms. The third-order valence-electron chi connectivity index (χ3n) is 13.0. The largest absolute Gasteiger partial charge is 0.491 e. The molecule has 0 atom stereocenters. The van der Waals surface area contributed by atoms with E-state index in [1.165, 1.54) is 11.1 Å². The molecular weight excluding hydrogens is 1060 g/mol. The molecule has 26 rings (SSSR count). The first-order chi connectivity index (χ1) is 38.3. The lowest BCUT2D eigenvalue weighted by Crippen LogP contribution is -2.37. The van der Waals surface area contributed by atoms with Crippen LogP contribution in [0.2, 0.25) is 0 Å². The smallest absolute Gasteiger partial charge is 0.326 e. The average Bonchev–Trinajstić information content (AvgIpc) is 4.21. The van der Waals surface area contributed by atoms with Gasteiger partial charge in [0.15, 0.2) is 85.9 Å². The van der Waals surface area contributed by atoms with Gasteiger partial charge in [-0.1, -0.05) is 78.1 Å². The molecule has 394 valence electrons. The van der Waals surface area contributed by atoms with E-state index >= 15 is 0 Å². The fraction of sp³-hybridized carbons (Fsp3) is 0.217. The summed E-state index contributed by atoms with van der Waals surface area (Å²) in [5.74, 6) is -0.946. The molecule has 3 aromatic carbocycles. The van der Waals surface area contributed by atoms with Gasteiger partial charge in [0.1, 0.15) is 38.7 Å². The third kappa shape index (κ3) is 13.4. The molecule has 0 fully saturated rings. The zero-order valence-electron chi connectivity index (χ0n) is 42.5. The number of imide groups is 1. The quantitative estimate of drug-likeness (QED) is 0.0374. The monoisotopic (exact) mass is 1120 g/mol. The maximum Gasteiger partial charge on any atom is 0.326 e. The molecule has 19 aliphatic rings. The number of nitrogens with zero attached hydrogens (tertiary/aromatic N) is 5. The molecule has 7 aromatic rings. The number of thioether (sulfide) groups is 4. The van der Waals surface area contributed by atoms with Gasteiger partial charge in [0, 0.05) is 81.6 Å². The van der Waals surface area contributed by atoms with Gasteiger partial charge in [0.05, 0.1) is 46.0 Å². The maximum absolute atomic E-state index is 14.4. The molecule has 0 unspecified atom stereocenters. The van der Waals surface area contributed by atoms with Gasteiger partial charge in [0.2, 0.25) is 0 Å². The van der Waals surface area contributed by atoms with Crippen molar-refractivity contribution < 1.29 is 61.1 Å². The van der Waals surface area contributed by atoms with E-state index in [0.717, 1.165) is 64.6 Å². The third-order valence-corrected chi connectivity index (χ3v) is 18.1. The summed E-state index contributed by atoms with van der Waals surface area (Å²) in [6, 6.07) is 38.9. The molecule has 18 heteroatoms. The van der Waals surface area contributed by atoms with Crippen molar-refractivity contribution in [1.29, 1.82) is 0 Å². The predicted molar refractivity (Wildman–Crippen MR) is 299 cm³/mol. The van der Waals surface area contributed by atoms with Crippen molar-refractivity contribution in [2.45, 2.75) is 26.2 Å². The zero-order chi connectivity index (χ0) is 53.0. The van der Waals surface area contributed by atoms with Crippen LogP contribution < -0.4 is 23.0 Å². The van der Waals surface area contributed by atoms with Crippen molar-refractivity contribution >= 4 is 64.8 Å². The Labute approximate surface area is 469 Å². The molecule has 23 heterocycles. The highest BCUT2D eigenvalue weighted by atomic mass is 32.2. The zero-order valence-corrected chi connectivity index (χ0v) is 45.7. The number of carbonyl (C=O) groups excluding carboxylic acids is 3. The number of pyridine rings is 4. The van der Waals surface area contributed by atoms with Crippen LogP contribution in [0.1, 0.15) is 43.0 Å². The number of hydrogen-bond donors (Lipinski definition) is 0. The van der Waals surface area contributed by atoms with E-state index in [0.29, 0.717) is 68.4 Å². The first-order valence-electron chi connectivity index (χ1n) is 25.5. The normalized spacial score (nSPS) is 15.7. The van der Waals surface area contributed by atoms with E-state index in [1.54, 1.807) is 47.0 Å². The van der Waals surface area contributed by atoms with Crippen molar-refractivity contribution in [3.8, 4) is 28.0 Å². The lowest BCUT2D eigenvalue weighted by molar-refractivity contribution is -0.689. The second-order valence-corrected chi connectivity index (χ2v) is 22.7. The molecule has 4 aromatic heterocycles. The minimum absolute atomic E-state index is 0.0536. The number of aromatic nitrogens is 4. The fourth-order valence-corrected chi connectivity index (χ4v) is 13.5. The summed E-state index contributed by atoms with van der Waals surface area (Å²) < 4.78 is 44.9. The predicted octanol–water partition coefficient (Wildman–Crippen LogP) is 8.65. The molecule has 0 radical (unpaired) electrons. The summed E-state index contributed by atoms with van der Waals surface area (Å²) in [6.45, 7) is 4.16. The average molecular weight is 1120 g/mol. The Bertz CT molecular complexity index is 3230. The van der Waals surface area contributed by atoms with Crippen molar-refractivity contribution in [2.24, 2.45) is 0 Å². The van der Waals surface area contributed by atoms with Gasteiger partial charge < -0.3 is 28.4 Å². The molecule has 78 heavy (non-hydrogen) atoms. The van der Waals surface area contributed by atoms with E-state index in [9.17, 15) is 14.4 Å². The topological polar surface area (TPSA) is 125 Å². The Balaban J connectivity index is 0.669. The Morgan fingerprint density at radius 3 is 1.28 bits per heavy atom. The Hall–Kier alpha value is -7.19. The second-order valence-electron chi connectivity index (χ2n) is 18.4. The number of ether oxygens (including phenoxy) is 6. The van der Waals surface area contributed by atoms with Crippen LogP contribution >= 0.6 is 47.0 Å². The molecule has 0 saturated heterocycles. The number of carbonyl (C=O) groups is 3. The van der Waals surface area contributed by atoms with Gasteiger partial charge in [-0.15, -0.1) is 0 Å². The van der Waals surface area contributed by atoms with E-state index < -0.39 is 24.3 Å². The first kappa shape index (κ1) is 52.8. The highest BCUT2D eigenvalue weighted by molar-refractivity contribution is 8.33. The fourth-order valence-electron chi connectivity index (χ4n) is 9.05. The van der Waals surface area contributed by atoms with Crippen LogP contribution in [-0.2, 0) is 54.7 Å². The van der Waals surface area contributed by atoms with E-state index in [2.05, 4.69) is 82.5 Å². The molecular formula is C60H55N5O9S4+4. The van der Waals surface area contributed by atoms with Gasteiger partial charge in [-0.25, -0.2) is 18.3 Å². The highest BCUT2D eigenvalue weighted by Gasteiger charge is 2.42. The van der Waals surface area contributed by atoms with Crippen molar-refractivity contribution in [2.75, 3.05) is 59.4 Å². The highest BCUT2D eigenvalue weighted by Crippen LogP contribution is 2.55. The van der Waals surface area contributed by atoms with Gasteiger partial charge in [0.25, 0.3) is 11.8 Å². The molecule has 2 amide bonds. The lowest BCUT2D eigenvalue weighted by Gasteiger charge is -2.13. The Kier molecular flexibility index (Phi) is 17.3. The molecule has 0 saturated carbocycles. The van der Waals surface area contributed by atoms with Gasteiger partial charge in [-0.3, -0.25) is 19.3 Å². The number of benzene rings is 3. The summed E-state index contributed by atoms with van der Waals surface area (Å²) in [6.07, 6.45) is 16.3. The standard InChI is InChI=1S/C60H55N5O9S4/c66-52(72-33-29-70-31-35-74-54-42-76-60(78-54)59-75-41-53(77-59)73-34-30-69-28-32-71-51-4-2-1-3-5-51)40-65-57(67)55-49-10-11-50(56(55)58(65)68)39-64-26-18-48(19-27-64)46-14-22-62(23-15-46)37-44-7-6-43(8-9-44)36-61-20-12-45(13-21-61)47-16-24-63(38-49)25-17-47/h1-27,41-42H,28-40H2/q+4/b60-59-. The van der Waals surface area contributed by atoms with E-state index in [1.807, 2.05) is 111 Å². The molecule has 0 N–H and O–H groups in total. The van der Waals surface area contributed by atoms with E-state index in [-0.39, 0.29) is 19.8 Å². The maximum atomic E-state index is 14.4. The second kappa shape index (κ2) is 25.5. The minimum atomic E-state index is -0.708. The Morgan fingerprint density at radius 2 is 0.846 bits per heavy atom. The summed E-state index contributed by atoms with van der Waals surface area (Å²) in [5.41, 5.74) is 8.61. The van der Waals surface area contributed by atoms with Crippen LogP contribution in [0.4, 0.5) is 0 Å². The number of esters is 1. The van der Waals surface area contributed by atoms with Crippen LogP contribution in [0.25, 0.3) is 22.3 Å². The van der Waals surface area contributed by atoms with Crippen LogP contribution in [0.3, 0.4) is 0 Å². The summed E-state index contributed by atoms with van der Waals surface area (Å²) in [4.78, 5) is 43.0. The number of para-hydroxylation sites is 1.